The fourth-order valence-electron chi connectivity index (χ4n) is 2.33. The van der Waals surface area contributed by atoms with E-state index in [-0.39, 0.29) is 11.3 Å². The number of carbonyl (C=O) groups is 1. The minimum absolute atomic E-state index is 0.0669. The third kappa shape index (κ3) is 3.31. The van der Waals surface area contributed by atoms with E-state index >= 15 is 0 Å². The second-order valence-electron chi connectivity index (χ2n) is 6.20. The van der Waals surface area contributed by atoms with Crippen molar-refractivity contribution in [3.63, 3.8) is 0 Å². The minimum atomic E-state index is 0.0669. The first-order chi connectivity index (χ1) is 8.46. The summed E-state index contributed by atoms with van der Waals surface area (Å²) in [7, 11) is 0. The predicted octanol–water partition coefficient (Wildman–Crippen LogP) is 1.88. The Morgan fingerprint density at radius 2 is 1.78 bits per heavy atom. The number of piperidine rings is 1. The largest absolute Gasteiger partial charge is 0.343 e. The quantitative estimate of drug-likeness (QED) is 0.805. The van der Waals surface area contributed by atoms with Crippen LogP contribution in [0.5, 0.6) is 0 Å². The number of likely N-dealkylation sites (tertiary alicyclic amines) is 1. The molecule has 0 bridgehead atoms. The van der Waals surface area contributed by atoms with Crippen molar-refractivity contribution in [2.75, 3.05) is 13.1 Å². The molecule has 0 spiro atoms. The summed E-state index contributed by atoms with van der Waals surface area (Å²) in [6, 6.07) is 0.346. The maximum Gasteiger partial charge on any atom is 0.223 e. The molecule has 18 heavy (non-hydrogen) atoms. The van der Waals surface area contributed by atoms with Crippen molar-refractivity contribution in [1.29, 1.82) is 0 Å². The molecule has 0 atom stereocenters. The zero-order valence-corrected chi connectivity index (χ0v) is 11.5. The van der Waals surface area contributed by atoms with Gasteiger partial charge in [0.25, 0.3) is 0 Å². The van der Waals surface area contributed by atoms with Gasteiger partial charge in [-0.25, -0.2) is 0 Å². The van der Waals surface area contributed by atoms with Crippen molar-refractivity contribution >= 4 is 5.91 Å². The number of hydrogen-bond donors (Lipinski definition) is 0. The Kier molecular flexibility index (Phi) is 3.68. The number of nitrogens with zero attached hydrogens (tertiary/aromatic N) is 4. The number of hydrogen-bond acceptors (Lipinski definition) is 3. The van der Waals surface area contributed by atoms with Crippen molar-refractivity contribution in [2.24, 2.45) is 5.41 Å². The van der Waals surface area contributed by atoms with Crippen LogP contribution in [0.1, 0.15) is 46.1 Å². The van der Waals surface area contributed by atoms with E-state index in [9.17, 15) is 4.79 Å². The summed E-state index contributed by atoms with van der Waals surface area (Å²) < 4.78 is 0. The first kappa shape index (κ1) is 13.1. The third-order valence-corrected chi connectivity index (χ3v) is 3.26. The maximum atomic E-state index is 12.1. The molecule has 0 unspecified atom stereocenters. The highest BCUT2D eigenvalue weighted by Gasteiger charge is 2.26. The molecule has 1 aliphatic heterocycles. The topological polar surface area (TPSA) is 51.0 Å². The van der Waals surface area contributed by atoms with E-state index in [1.54, 1.807) is 17.2 Å². The van der Waals surface area contributed by atoms with E-state index in [0.717, 1.165) is 25.9 Å². The van der Waals surface area contributed by atoms with Gasteiger partial charge >= 0.3 is 0 Å². The first-order valence-electron chi connectivity index (χ1n) is 6.59. The molecule has 2 heterocycles. The van der Waals surface area contributed by atoms with Gasteiger partial charge in [-0.15, -0.1) is 0 Å². The van der Waals surface area contributed by atoms with Gasteiger partial charge in [-0.2, -0.15) is 15.0 Å². The van der Waals surface area contributed by atoms with Crippen molar-refractivity contribution < 1.29 is 4.79 Å². The molecule has 1 amide bonds. The van der Waals surface area contributed by atoms with Crippen LogP contribution >= 0.6 is 0 Å². The molecule has 0 N–H and O–H groups in total. The predicted molar refractivity (Wildman–Crippen MR) is 68.9 cm³/mol. The summed E-state index contributed by atoms with van der Waals surface area (Å²) in [5.41, 5.74) is 0.0669. The van der Waals surface area contributed by atoms with E-state index in [1.807, 2.05) is 4.90 Å². The average Bonchev–Trinajstić information content (AvgIpc) is 2.80. The molecule has 1 fully saturated rings. The zero-order valence-electron chi connectivity index (χ0n) is 11.5. The number of amides is 1. The van der Waals surface area contributed by atoms with Crippen molar-refractivity contribution in [2.45, 2.75) is 46.1 Å². The van der Waals surface area contributed by atoms with Gasteiger partial charge in [-0.05, 0) is 18.3 Å². The van der Waals surface area contributed by atoms with E-state index in [0.29, 0.717) is 12.5 Å². The standard InChI is InChI=1S/C13H22N4O/c1-13(2,3)10-12(18)16-8-4-11(5-9-16)17-14-6-7-15-17/h6-7,11H,4-5,8-10H2,1-3H3. The first-order valence-corrected chi connectivity index (χ1v) is 6.59. The van der Waals surface area contributed by atoms with Crippen LogP contribution in [-0.4, -0.2) is 38.9 Å². The SMILES string of the molecule is CC(C)(C)CC(=O)N1CCC(n2nccn2)CC1. The molecule has 1 aromatic heterocycles. The molecule has 1 aromatic rings. The Balaban J connectivity index is 1.85. The molecule has 1 aliphatic rings. The van der Waals surface area contributed by atoms with E-state index < -0.39 is 0 Å². The van der Waals surface area contributed by atoms with Gasteiger partial charge in [0.05, 0.1) is 18.4 Å². The highest BCUT2D eigenvalue weighted by molar-refractivity contribution is 5.76. The number of carbonyl (C=O) groups excluding carboxylic acids is 1. The summed E-state index contributed by atoms with van der Waals surface area (Å²) in [5, 5.41) is 8.34. The van der Waals surface area contributed by atoms with Gasteiger partial charge in [0.2, 0.25) is 5.91 Å². The summed E-state index contributed by atoms with van der Waals surface area (Å²) in [4.78, 5) is 15.8. The summed E-state index contributed by atoms with van der Waals surface area (Å²) in [5.74, 6) is 0.273. The van der Waals surface area contributed by atoms with Gasteiger partial charge < -0.3 is 4.90 Å². The Hall–Kier alpha value is -1.39. The molecule has 5 nitrogen and oxygen atoms in total. The van der Waals surface area contributed by atoms with Gasteiger partial charge in [0.1, 0.15) is 0 Å². The molecular weight excluding hydrogens is 228 g/mol. The molecule has 0 saturated carbocycles. The lowest BCUT2D eigenvalue weighted by molar-refractivity contribution is -0.134. The van der Waals surface area contributed by atoms with Crippen molar-refractivity contribution in [3.8, 4) is 0 Å². The highest BCUT2D eigenvalue weighted by atomic mass is 16.2. The molecule has 100 valence electrons. The number of aromatic nitrogens is 3. The van der Waals surface area contributed by atoms with E-state index in [2.05, 4.69) is 31.0 Å². The van der Waals surface area contributed by atoms with Crippen LogP contribution in [0, 0.1) is 5.41 Å². The van der Waals surface area contributed by atoms with E-state index in [1.165, 1.54) is 0 Å². The number of rotatable bonds is 2. The Morgan fingerprint density at radius 3 is 2.28 bits per heavy atom. The molecule has 0 radical (unpaired) electrons. The lowest BCUT2D eigenvalue weighted by atomic mass is 9.91. The second kappa shape index (κ2) is 5.08. The Morgan fingerprint density at radius 1 is 1.22 bits per heavy atom. The van der Waals surface area contributed by atoms with Crippen LogP contribution in [0.2, 0.25) is 0 Å². The van der Waals surface area contributed by atoms with Crippen molar-refractivity contribution in [3.05, 3.63) is 12.4 Å². The smallest absolute Gasteiger partial charge is 0.223 e. The molecule has 0 aromatic carbocycles. The lowest BCUT2D eigenvalue weighted by Gasteiger charge is -2.33. The normalized spacial score (nSPS) is 18.1. The maximum absolute atomic E-state index is 12.1. The van der Waals surface area contributed by atoms with Gasteiger partial charge in [0.15, 0.2) is 0 Å². The van der Waals surface area contributed by atoms with Gasteiger partial charge in [0, 0.05) is 19.5 Å². The third-order valence-electron chi connectivity index (χ3n) is 3.26. The second-order valence-corrected chi connectivity index (χ2v) is 6.20. The lowest BCUT2D eigenvalue weighted by Crippen LogP contribution is -2.40. The molecular formula is C13H22N4O. The van der Waals surface area contributed by atoms with Crippen LogP contribution in [0.3, 0.4) is 0 Å². The van der Waals surface area contributed by atoms with Crippen LogP contribution in [0.4, 0.5) is 0 Å². The summed E-state index contributed by atoms with van der Waals surface area (Å²) >= 11 is 0. The Labute approximate surface area is 108 Å². The van der Waals surface area contributed by atoms with Crippen molar-refractivity contribution in [1.82, 2.24) is 19.9 Å². The van der Waals surface area contributed by atoms with Crippen LogP contribution in [0.15, 0.2) is 12.4 Å². The average molecular weight is 250 g/mol. The minimum Gasteiger partial charge on any atom is -0.343 e. The van der Waals surface area contributed by atoms with Crippen LogP contribution in [0.25, 0.3) is 0 Å². The summed E-state index contributed by atoms with van der Waals surface area (Å²) in [6.07, 6.45) is 5.93. The molecule has 0 aliphatic carbocycles. The molecule has 5 heteroatoms. The van der Waals surface area contributed by atoms with Crippen LogP contribution in [-0.2, 0) is 4.79 Å². The van der Waals surface area contributed by atoms with E-state index in [4.69, 9.17) is 0 Å². The highest BCUT2D eigenvalue weighted by Crippen LogP contribution is 2.24. The van der Waals surface area contributed by atoms with Gasteiger partial charge in [-0.3, -0.25) is 4.79 Å². The fourth-order valence-corrected chi connectivity index (χ4v) is 2.33. The van der Waals surface area contributed by atoms with Gasteiger partial charge in [-0.1, -0.05) is 20.8 Å². The zero-order chi connectivity index (χ0) is 13.2. The van der Waals surface area contributed by atoms with Crippen LogP contribution < -0.4 is 0 Å². The monoisotopic (exact) mass is 250 g/mol. The molecule has 2 rings (SSSR count). The fraction of sp³-hybridized carbons (Fsp3) is 0.769. The Bertz CT molecular complexity index is 386. The molecule has 1 saturated heterocycles. The summed E-state index contributed by atoms with van der Waals surface area (Å²) in [6.45, 7) is 7.95.